The highest BCUT2D eigenvalue weighted by atomic mass is 16.5. The highest BCUT2D eigenvalue weighted by Crippen LogP contribution is 2.31. The molecule has 0 aliphatic carbocycles. The summed E-state index contributed by atoms with van der Waals surface area (Å²) < 4.78 is 4.30. The van der Waals surface area contributed by atoms with Gasteiger partial charge in [-0.05, 0) is 55.4 Å². The highest BCUT2D eigenvalue weighted by molar-refractivity contribution is 5.90. The number of nitrogens with one attached hydrogen (secondary N) is 1. The second-order valence-corrected chi connectivity index (χ2v) is 8.45. The predicted molar refractivity (Wildman–Crippen MR) is 120 cm³/mol. The van der Waals surface area contributed by atoms with E-state index >= 15 is 0 Å². The van der Waals surface area contributed by atoms with Gasteiger partial charge < -0.3 is 9.47 Å². The Hall–Kier alpha value is -2.97. The van der Waals surface area contributed by atoms with E-state index in [0.29, 0.717) is 5.69 Å². The molecule has 8 heteroatoms. The molecule has 1 aliphatic rings. The zero-order valence-corrected chi connectivity index (χ0v) is 18.1. The second kappa shape index (κ2) is 9.45. The number of likely N-dealkylation sites (tertiary alicyclic amines) is 1. The maximum Gasteiger partial charge on any atom is 0.267 e. The van der Waals surface area contributed by atoms with Crippen LogP contribution in [0, 0.1) is 5.92 Å². The van der Waals surface area contributed by atoms with E-state index in [-0.39, 0.29) is 12.0 Å². The molecule has 1 unspecified atom stereocenters. The van der Waals surface area contributed by atoms with Crippen molar-refractivity contribution in [3.05, 3.63) is 54.0 Å². The van der Waals surface area contributed by atoms with Gasteiger partial charge in [0.2, 0.25) is 0 Å². The molecule has 1 atom stereocenters. The van der Waals surface area contributed by atoms with Crippen LogP contribution in [0.3, 0.4) is 0 Å². The van der Waals surface area contributed by atoms with Crippen LogP contribution in [0.5, 0.6) is 0 Å². The van der Waals surface area contributed by atoms with E-state index < -0.39 is 5.91 Å². The van der Waals surface area contributed by atoms with Gasteiger partial charge >= 0.3 is 0 Å². The van der Waals surface area contributed by atoms with Crippen molar-refractivity contribution in [3.63, 3.8) is 0 Å². The fourth-order valence-corrected chi connectivity index (χ4v) is 4.46. The third-order valence-electron chi connectivity index (χ3n) is 5.94. The largest absolute Gasteiger partial charge is 0.341 e. The Balaban J connectivity index is 1.68. The molecule has 0 saturated carbocycles. The van der Waals surface area contributed by atoms with E-state index in [0.717, 1.165) is 13.1 Å². The summed E-state index contributed by atoms with van der Waals surface area (Å²) in [5, 5.41) is 18.4. The fourth-order valence-electron chi connectivity index (χ4n) is 4.46. The number of aromatic nitrogens is 4. The maximum atomic E-state index is 11.3. The summed E-state index contributed by atoms with van der Waals surface area (Å²) >= 11 is 0. The lowest BCUT2D eigenvalue weighted by atomic mass is 10.0. The van der Waals surface area contributed by atoms with Gasteiger partial charge in [-0.3, -0.25) is 10.0 Å². The molecule has 2 N–H and O–H groups in total. The van der Waals surface area contributed by atoms with Gasteiger partial charge in [-0.15, -0.1) is 5.10 Å². The first-order chi connectivity index (χ1) is 15.1. The van der Waals surface area contributed by atoms with Crippen molar-refractivity contribution in [3.8, 4) is 0 Å². The Morgan fingerprint density at radius 1 is 1.23 bits per heavy atom. The second-order valence-electron chi connectivity index (χ2n) is 8.45. The SMILES string of the molecule is CC(C)C(c1cc2ccccc2n1CCN1CCCC1)n1cc(/C=C/C(=O)NO)nn1. The van der Waals surface area contributed by atoms with Crippen molar-refractivity contribution in [1.29, 1.82) is 0 Å². The molecule has 3 aromatic rings. The summed E-state index contributed by atoms with van der Waals surface area (Å²) in [4.78, 5) is 13.8. The lowest BCUT2D eigenvalue weighted by Crippen LogP contribution is -2.27. The lowest BCUT2D eigenvalue weighted by Gasteiger charge is -2.24. The molecule has 1 aromatic carbocycles. The zero-order valence-electron chi connectivity index (χ0n) is 18.1. The van der Waals surface area contributed by atoms with Crippen LogP contribution in [0.1, 0.15) is 44.1 Å². The van der Waals surface area contributed by atoms with Crippen molar-refractivity contribution in [1.82, 2.24) is 29.9 Å². The fraction of sp³-hybridized carbons (Fsp3) is 0.435. The Kier molecular flexibility index (Phi) is 6.48. The number of nitrogens with zero attached hydrogens (tertiary/aromatic N) is 5. The molecule has 2 aromatic heterocycles. The number of hydrogen-bond acceptors (Lipinski definition) is 5. The maximum absolute atomic E-state index is 11.3. The van der Waals surface area contributed by atoms with Crippen molar-refractivity contribution in [2.45, 2.75) is 39.3 Å². The van der Waals surface area contributed by atoms with Crippen molar-refractivity contribution < 1.29 is 10.0 Å². The van der Waals surface area contributed by atoms with Gasteiger partial charge in [-0.25, -0.2) is 10.2 Å². The minimum atomic E-state index is -0.600. The molecule has 0 spiro atoms. The van der Waals surface area contributed by atoms with Crippen LogP contribution < -0.4 is 5.48 Å². The number of carbonyl (C=O) groups excluding carboxylic acids is 1. The summed E-state index contributed by atoms with van der Waals surface area (Å²) in [5.41, 5.74) is 4.59. The molecular formula is C23H30N6O2. The van der Waals surface area contributed by atoms with Crippen LogP contribution in [0.25, 0.3) is 17.0 Å². The van der Waals surface area contributed by atoms with Crippen LogP contribution in [-0.2, 0) is 11.3 Å². The smallest absolute Gasteiger partial charge is 0.267 e. The number of para-hydroxylation sites is 1. The van der Waals surface area contributed by atoms with Crippen LogP contribution in [-0.4, -0.2) is 55.2 Å². The number of hydroxylamine groups is 1. The van der Waals surface area contributed by atoms with Crippen LogP contribution in [0.4, 0.5) is 0 Å². The van der Waals surface area contributed by atoms with E-state index in [2.05, 4.69) is 64.0 Å². The molecule has 8 nitrogen and oxygen atoms in total. The summed E-state index contributed by atoms with van der Waals surface area (Å²) in [6, 6.07) is 10.8. The quantitative estimate of drug-likeness (QED) is 0.331. The molecule has 3 heterocycles. The van der Waals surface area contributed by atoms with Gasteiger partial charge in [-0.2, -0.15) is 0 Å². The predicted octanol–water partition coefficient (Wildman–Crippen LogP) is 3.09. The molecule has 0 radical (unpaired) electrons. The van der Waals surface area contributed by atoms with Gasteiger partial charge in [0, 0.05) is 30.4 Å². The van der Waals surface area contributed by atoms with Gasteiger partial charge in [0.05, 0.1) is 12.2 Å². The van der Waals surface area contributed by atoms with Gasteiger partial charge in [-0.1, -0.05) is 37.3 Å². The number of fused-ring (bicyclic) bond motifs is 1. The number of hydrogen-bond donors (Lipinski definition) is 2. The summed E-state index contributed by atoms with van der Waals surface area (Å²) in [6.07, 6.45) is 7.18. The first-order valence-corrected chi connectivity index (χ1v) is 10.9. The van der Waals surface area contributed by atoms with Crippen molar-refractivity contribution in [2.24, 2.45) is 5.92 Å². The molecular weight excluding hydrogens is 392 g/mol. The van der Waals surface area contributed by atoms with E-state index in [1.807, 2.05) is 10.9 Å². The average molecular weight is 423 g/mol. The highest BCUT2D eigenvalue weighted by Gasteiger charge is 2.25. The summed E-state index contributed by atoms with van der Waals surface area (Å²) in [5.74, 6) is -0.314. The minimum Gasteiger partial charge on any atom is -0.341 e. The van der Waals surface area contributed by atoms with E-state index in [1.54, 1.807) is 5.48 Å². The number of benzene rings is 1. The van der Waals surface area contributed by atoms with Gasteiger partial charge in [0.15, 0.2) is 0 Å². The Labute approximate surface area is 182 Å². The Bertz CT molecular complexity index is 1060. The molecule has 1 fully saturated rings. The minimum absolute atomic E-state index is 0.00676. The molecule has 1 saturated heterocycles. The number of rotatable bonds is 8. The Morgan fingerprint density at radius 2 is 2.00 bits per heavy atom. The molecule has 1 aliphatic heterocycles. The van der Waals surface area contributed by atoms with Crippen LogP contribution in [0.15, 0.2) is 42.6 Å². The summed E-state index contributed by atoms with van der Waals surface area (Å²) in [6.45, 7) is 8.71. The van der Waals surface area contributed by atoms with E-state index in [1.165, 1.54) is 54.7 Å². The molecule has 4 rings (SSSR count). The number of carbonyl (C=O) groups is 1. The van der Waals surface area contributed by atoms with E-state index in [4.69, 9.17) is 5.21 Å². The molecule has 1 amide bonds. The van der Waals surface area contributed by atoms with Crippen molar-refractivity contribution in [2.75, 3.05) is 19.6 Å². The third kappa shape index (κ3) is 4.70. The Morgan fingerprint density at radius 3 is 2.74 bits per heavy atom. The standard InChI is InChI=1S/C23H30N6O2/c1-17(2)23(29-16-19(24-26-29)9-10-22(30)25-31)21-15-18-7-3-4-8-20(18)28(21)14-13-27-11-5-6-12-27/h3-4,7-10,15-17,23,31H,5-6,11-14H2,1-2H3,(H,25,30)/b10-9+. The van der Waals surface area contributed by atoms with Crippen LogP contribution in [0.2, 0.25) is 0 Å². The lowest BCUT2D eigenvalue weighted by molar-refractivity contribution is -0.124. The van der Waals surface area contributed by atoms with Crippen molar-refractivity contribution >= 4 is 22.9 Å². The number of amides is 1. The zero-order chi connectivity index (χ0) is 21.8. The van der Waals surface area contributed by atoms with E-state index in [9.17, 15) is 4.79 Å². The first kappa shape index (κ1) is 21.3. The summed E-state index contributed by atoms with van der Waals surface area (Å²) in [7, 11) is 0. The van der Waals surface area contributed by atoms with Gasteiger partial charge in [0.25, 0.3) is 5.91 Å². The average Bonchev–Trinajstić information content (AvgIpc) is 3.51. The molecule has 0 bridgehead atoms. The topological polar surface area (TPSA) is 88.2 Å². The first-order valence-electron chi connectivity index (χ1n) is 10.9. The third-order valence-corrected chi connectivity index (χ3v) is 5.94. The van der Waals surface area contributed by atoms with Crippen LogP contribution >= 0.6 is 0 Å². The monoisotopic (exact) mass is 422 g/mol. The van der Waals surface area contributed by atoms with Gasteiger partial charge in [0.1, 0.15) is 5.69 Å². The molecule has 164 valence electrons. The molecule has 31 heavy (non-hydrogen) atoms. The normalized spacial score (nSPS) is 16.0.